The fourth-order valence-electron chi connectivity index (χ4n) is 2.41. The summed E-state index contributed by atoms with van der Waals surface area (Å²) in [6.07, 6.45) is 2.28. The summed E-state index contributed by atoms with van der Waals surface area (Å²) in [7, 11) is 2.18. The summed E-state index contributed by atoms with van der Waals surface area (Å²) < 4.78 is 0. The molecule has 1 aromatic rings. The van der Waals surface area contributed by atoms with Gasteiger partial charge in [0, 0.05) is 25.7 Å². The normalized spacial score (nSPS) is 16.9. The number of aliphatic hydroxyl groups is 1. The summed E-state index contributed by atoms with van der Waals surface area (Å²) in [5.41, 5.74) is 2.32. The summed E-state index contributed by atoms with van der Waals surface area (Å²) in [5, 5.41) is 13.5. The first kappa shape index (κ1) is 15.5. The third-order valence-electron chi connectivity index (χ3n) is 4.14. The number of nitrogens with zero attached hydrogens (tertiary/aromatic N) is 1. The zero-order valence-corrected chi connectivity index (χ0v) is 13.0. The van der Waals surface area contributed by atoms with Gasteiger partial charge in [-0.05, 0) is 36.9 Å². The minimum Gasteiger partial charge on any atom is -0.387 e. The first-order valence-electron chi connectivity index (χ1n) is 7.77. The third-order valence-corrected chi connectivity index (χ3v) is 4.14. The van der Waals surface area contributed by atoms with E-state index in [1.807, 2.05) is 12.1 Å². The molecule has 1 aliphatic carbocycles. The molecule has 1 atom stereocenters. The van der Waals surface area contributed by atoms with Gasteiger partial charge in [-0.3, -0.25) is 0 Å². The Bertz CT molecular complexity index is 398. The van der Waals surface area contributed by atoms with Gasteiger partial charge in [0.15, 0.2) is 0 Å². The van der Waals surface area contributed by atoms with Gasteiger partial charge >= 0.3 is 0 Å². The smallest absolute Gasteiger partial charge is 0.0914 e. The second kappa shape index (κ2) is 7.21. The van der Waals surface area contributed by atoms with E-state index in [1.165, 1.54) is 18.4 Å². The number of hydrogen-bond donors (Lipinski definition) is 2. The van der Waals surface area contributed by atoms with E-state index in [1.54, 1.807) is 0 Å². The molecule has 1 aromatic carbocycles. The van der Waals surface area contributed by atoms with Crippen molar-refractivity contribution in [1.82, 2.24) is 10.2 Å². The molecule has 0 heterocycles. The highest BCUT2D eigenvalue weighted by Gasteiger charge is 2.25. The Labute approximate surface area is 123 Å². The topological polar surface area (TPSA) is 35.5 Å². The Hall–Kier alpha value is -0.900. The van der Waals surface area contributed by atoms with E-state index in [2.05, 4.69) is 43.2 Å². The van der Waals surface area contributed by atoms with Crippen LogP contribution in [0.5, 0.6) is 0 Å². The number of likely N-dealkylation sites (N-methyl/N-ethyl adjacent to an activating group) is 1. The molecule has 3 nitrogen and oxygen atoms in total. The third kappa shape index (κ3) is 4.58. The van der Waals surface area contributed by atoms with E-state index in [4.69, 9.17) is 0 Å². The van der Waals surface area contributed by atoms with Crippen molar-refractivity contribution in [2.75, 3.05) is 26.7 Å². The summed E-state index contributed by atoms with van der Waals surface area (Å²) in [6, 6.07) is 9.12. The van der Waals surface area contributed by atoms with Crippen molar-refractivity contribution in [3.63, 3.8) is 0 Å². The van der Waals surface area contributed by atoms with E-state index in [-0.39, 0.29) is 0 Å². The first-order valence-corrected chi connectivity index (χ1v) is 7.77. The molecule has 0 radical (unpaired) electrons. The van der Waals surface area contributed by atoms with Gasteiger partial charge in [0.05, 0.1) is 6.10 Å². The van der Waals surface area contributed by atoms with Gasteiger partial charge in [-0.1, -0.05) is 38.1 Å². The second-order valence-electron chi connectivity index (χ2n) is 6.25. The number of nitrogens with one attached hydrogen (secondary N) is 1. The summed E-state index contributed by atoms with van der Waals surface area (Å²) >= 11 is 0. The molecule has 0 saturated heterocycles. The quantitative estimate of drug-likeness (QED) is 0.716. The van der Waals surface area contributed by atoms with Gasteiger partial charge in [-0.25, -0.2) is 0 Å². The number of hydrogen-bond acceptors (Lipinski definition) is 3. The van der Waals surface area contributed by atoms with Crippen LogP contribution in [0.25, 0.3) is 0 Å². The lowest BCUT2D eigenvalue weighted by Gasteiger charge is -2.17. The molecule has 1 fully saturated rings. The van der Waals surface area contributed by atoms with E-state index in [9.17, 15) is 5.11 Å². The molecule has 3 heteroatoms. The highest BCUT2D eigenvalue weighted by atomic mass is 16.3. The maximum absolute atomic E-state index is 10.2. The van der Waals surface area contributed by atoms with Crippen molar-refractivity contribution in [2.24, 2.45) is 0 Å². The predicted molar refractivity (Wildman–Crippen MR) is 84.0 cm³/mol. The molecule has 1 unspecified atom stereocenters. The van der Waals surface area contributed by atoms with Crippen LogP contribution in [0.1, 0.15) is 49.8 Å². The van der Waals surface area contributed by atoms with Gasteiger partial charge in [0.2, 0.25) is 0 Å². The molecular formula is C17H28N2O. The lowest BCUT2D eigenvalue weighted by Crippen LogP contribution is -2.32. The van der Waals surface area contributed by atoms with Gasteiger partial charge in [0.25, 0.3) is 0 Å². The Kier molecular flexibility index (Phi) is 5.58. The Morgan fingerprint density at radius 2 is 1.80 bits per heavy atom. The van der Waals surface area contributed by atoms with Crippen LogP contribution in [-0.4, -0.2) is 42.7 Å². The lowest BCUT2D eigenvalue weighted by atomic mass is 10.00. The minimum absolute atomic E-state index is 0.414. The fourth-order valence-corrected chi connectivity index (χ4v) is 2.41. The molecule has 0 aliphatic heterocycles. The number of rotatable bonds is 8. The van der Waals surface area contributed by atoms with E-state index in [0.29, 0.717) is 12.5 Å². The highest BCUT2D eigenvalue weighted by Crippen LogP contribution is 2.24. The van der Waals surface area contributed by atoms with Crippen LogP contribution in [0.4, 0.5) is 0 Å². The van der Waals surface area contributed by atoms with Gasteiger partial charge < -0.3 is 15.3 Å². The Morgan fingerprint density at radius 1 is 1.20 bits per heavy atom. The summed E-state index contributed by atoms with van der Waals surface area (Å²) in [6.45, 7) is 6.99. The van der Waals surface area contributed by atoms with E-state index >= 15 is 0 Å². The maximum atomic E-state index is 10.2. The van der Waals surface area contributed by atoms with Crippen molar-refractivity contribution in [3.05, 3.63) is 35.4 Å². The summed E-state index contributed by atoms with van der Waals surface area (Å²) in [4.78, 5) is 2.40. The number of aliphatic hydroxyl groups excluding tert-OH is 1. The summed E-state index contributed by atoms with van der Waals surface area (Å²) in [5.74, 6) is 0.539. The number of benzene rings is 1. The fraction of sp³-hybridized carbons (Fsp3) is 0.647. The average Bonchev–Trinajstić information content (AvgIpc) is 3.27. The van der Waals surface area contributed by atoms with Crippen molar-refractivity contribution < 1.29 is 5.11 Å². The first-order chi connectivity index (χ1) is 9.58. The average molecular weight is 276 g/mol. The molecule has 2 rings (SSSR count). The van der Waals surface area contributed by atoms with E-state index < -0.39 is 6.10 Å². The minimum atomic E-state index is -0.414. The van der Waals surface area contributed by atoms with Crippen LogP contribution in [0.3, 0.4) is 0 Å². The zero-order valence-electron chi connectivity index (χ0n) is 13.0. The van der Waals surface area contributed by atoms with Crippen LogP contribution in [0.15, 0.2) is 24.3 Å². The SMILES string of the molecule is CC(C)c1ccc(C(O)CNCCN(C)C2CC2)cc1. The van der Waals surface area contributed by atoms with Crippen LogP contribution in [0, 0.1) is 0 Å². The maximum Gasteiger partial charge on any atom is 0.0914 e. The van der Waals surface area contributed by atoms with Crippen molar-refractivity contribution >= 4 is 0 Å². The Morgan fingerprint density at radius 3 is 2.35 bits per heavy atom. The molecule has 112 valence electrons. The van der Waals surface area contributed by atoms with Crippen molar-refractivity contribution in [2.45, 2.75) is 44.8 Å². The highest BCUT2D eigenvalue weighted by molar-refractivity contribution is 5.26. The second-order valence-corrected chi connectivity index (χ2v) is 6.25. The van der Waals surface area contributed by atoms with Crippen LogP contribution < -0.4 is 5.32 Å². The van der Waals surface area contributed by atoms with Crippen molar-refractivity contribution in [3.8, 4) is 0 Å². The van der Waals surface area contributed by atoms with Crippen molar-refractivity contribution in [1.29, 1.82) is 0 Å². The molecule has 0 amide bonds. The molecule has 0 spiro atoms. The monoisotopic (exact) mass is 276 g/mol. The van der Waals surface area contributed by atoms with E-state index in [0.717, 1.165) is 24.7 Å². The largest absolute Gasteiger partial charge is 0.387 e. The molecule has 0 bridgehead atoms. The van der Waals surface area contributed by atoms with Gasteiger partial charge in [0.1, 0.15) is 0 Å². The standard InChI is InChI=1S/C17H28N2O/c1-13(2)14-4-6-15(7-5-14)17(20)12-18-10-11-19(3)16-8-9-16/h4-7,13,16-18,20H,8-12H2,1-3H3. The predicted octanol–water partition coefficient (Wildman–Crippen LogP) is 2.53. The lowest BCUT2D eigenvalue weighted by molar-refractivity contribution is 0.173. The van der Waals surface area contributed by atoms with Crippen LogP contribution in [0.2, 0.25) is 0 Å². The molecular weight excluding hydrogens is 248 g/mol. The molecule has 2 N–H and O–H groups in total. The van der Waals surface area contributed by atoms with Gasteiger partial charge in [-0.15, -0.1) is 0 Å². The Balaban J connectivity index is 1.69. The van der Waals surface area contributed by atoms with Crippen LogP contribution >= 0.6 is 0 Å². The van der Waals surface area contributed by atoms with Gasteiger partial charge in [-0.2, -0.15) is 0 Å². The molecule has 20 heavy (non-hydrogen) atoms. The molecule has 1 saturated carbocycles. The molecule has 1 aliphatic rings. The van der Waals surface area contributed by atoms with Crippen LogP contribution in [-0.2, 0) is 0 Å². The zero-order chi connectivity index (χ0) is 14.5. The molecule has 0 aromatic heterocycles.